The fraction of sp³-hybridized carbons (Fsp3) is 0.300. The van der Waals surface area contributed by atoms with Crippen molar-refractivity contribution >= 4 is 11.6 Å². The number of rotatable bonds is 0. The third-order valence-corrected chi connectivity index (χ3v) is 2.07. The van der Waals surface area contributed by atoms with Crippen LogP contribution in [0.1, 0.15) is 12.5 Å². The molecule has 0 bridgehead atoms. The molecule has 1 aliphatic heterocycles. The molecule has 0 saturated carbocycles. The maximum atomic E-state index is 11.2. The molecule has 1 unspecified atom stereocenters. The Labute approximate surface area is 76.7 Å². The Morgan fingerprint density at radius 1 is 1.46 bits per heavy atom. The third kappa shape index (κ3) is 1.37. The van der Waals surface area contributed by atoms with E-state index in [0.717, 1.165) is 17.0 Å². The quantitative estimate of drug-likeness (QED) is 0.655. The van der Waals surface area contributed by atoms with Gasteiger partial charge in [0.2, 0.25) is 0 Å². The summed E-state index contributed by atoms with van der Waals surface area (Å²) in [5, 5.41) is 2.77. The Balaban J connectivity index is 2.42. The fourth-order valence-corrected chi connectivity index (χ4v) is 1.31. The molecule has 0 spiro atoms. The zero-order valence-electron chi connectivity index (χ0n) is 7.63. The van der Waals surface area contributed by atoms with Crippen molar-refractivity contribution in [2.75, 3.05) is 5.32 Å². The van der Waals surface area contributed by atoms with E-state index in [9.17, 15) is 4.79 Å². The Morgan fingerprint density at radius 3 is 3.00 bits per heavy atom. The van der Waals surface area contributed by atoms with Crippen molar-refractivity contribution < 1.29 is 9.53 Å². The minimum atomic E-state index is -0.394. The summed E-state index contributed by atoms with van der Waals surface area (Å²) in [5.74, 6) is 0.670. The SMILES string of the molecule is Cc1ccc2c(c1)OC(C)C(=O)N2. The second-order valence-electron chi connectivity index (χ2n) is 3.25. The van der Waals surface area contributed by atoms with Gasteiger partial charge in [0.15, 0.2) is 6.10 Å². The summed E-state index contributed by atoms with van der Waals surface area (Å²) in [5.41, 5.74) is 1.88. The van der Waals surface area contributed by atoms with E-state index in [4.69, 9.17) is 4.74 Å². The van der Waals surface area contributed by atoms with E-state index >= 15 is 0 Å². The van der Waals surface area contributed by atoms with Gasteiger partial charge in [-0.25, -0.2) is 0 Å². The van der Waals surface area contributed by atoms with Crippen LogP contribution >= 0.6 is 0 Å². The lowest BCUT2D eigenvalue weighted by molar-refractivity contribution is -0.122. The molecule has 1 N–H and O–H groups in total. The van der Waals surface area contributed by atoms with Gasteiger partial charge in [0.25, 0.3) is 5.91 Å². The molecule has 0 aliphatic carbocycles. The standard InChI is InChI=1S/C10H11NO2/c1-6-3-4-8-9(5-6)13-7(2)10(12)11-8/h3-5,7H,1-2H3,(H,11,12). The molecular formula is C10H11NO2. The molecule has 1 aromatic carbocycles. The molecule has 0 saturated heterocycles. The number of benzene rings is 1. The first-order chi connectivity index (χ1) is 6.16. The van der Waals surface area contributed by atoms with Gasteiger partial charge in [-0.2, -0.15) is 0 Å². The number of anilines is 1. The predicted molar refractivity (Wildman–Crippen MR) is 49.9 cm³/mol. The van der Waals surface area contributed by atoms with Gasteiger partial charge in [0.05, 0.1) is 5.69 Å². The molecule has 1 heterocycles. The highest BCUT2D eigenvalue weighted by Crippen LogP contribution is 2.29. The number of carbonyl (C=O) groups is 1. The Kier molecular flexibility index (Phi) is 1.72. The summed E-state index contributed by atoms with van der Waals surface area (Å²) in [6.45, 7) is 3.73. The summed E-state index contributed by atoms with van der Waals surface area (Å²) in [6.07, 6.45) is -0.394. The van der Waals surface area contributed by atoms with Crippen LogP contribution in [0.25, 0.3) is 0 Å². The minimum absolute atomic E-state index is 0.0867. The van der Waals surface area contributed by atoms with Crippen LogP contribution in [0.4, 0.5) is 5.69 Å². The maximum absolute atomic E-state index is 11.2. The first-order valence-corrected chi connectivity index (χ1v) is 4.25. The van der Waals surface area contributed by atoms with Crippen LogP contribution in [0.3, 0.4) is 0 Å². The molecule has 0 aromatic heterocycles. The molecule has 3 nitrogen and oxygen atoms in total. The number of hydrogen-bond donors (Lipinski definition) is 1. The number of fused-ring (bicyclic) bond motifs is 1. The number of hydrogen-bond acceptors (Lipinski definition) is 2. The van der Waals surface area contributed by atoms with Gasteiger partial charge >= 0.3 is 0 Å². The minimum Gasteiger partial charge on any atom is -0.479 e. The summed E-state index contributed by atoms with van der Waals surface area (Å²) in [4.78, 5) is 11.2. The van der Waals surface area contributed by atoms with E-state index in [2.05, 4.69) is 5.32 Å². The molecule has 1 aromatic rings. The average molecular weight is 177 g/mol. The lowest BCUT2D eigenvalue weighted by atomic mass is 10.1. The van der Waals surface area contributed by atoms with Gasteiger partial charge in [-0.15, -0.1) is 0 Å². The Morgan fingerprint density at radius 2 is 2.23 bits per heavy atom. The van der Waals surface area contributed by atoms with Crippen molar-refractivity contribution in [3.05, 3.63) is 23.8 Å². The van der Waals surface area contributed by atoms with Crippen molar-refractivity contribution in [1.82, 2.24) is 0 Å². The number of amides is 1. The third-order valence-electron chi connectivity index (χ3n) is 2.07. The van der Waals surface area contributed by atoms with E-state index in [0.29, 0.717) is 0 Å². The van der Waals surface area contributed by atoms with Crippen LogP contribution < -0.4 is 10.1 Å². The van der Waals surface area contributed by atoms with Crippen molar-refractivity contribution in [1.29, 1.82) is 0 Å². The molecule has 68 valence electrons. The Bertz CT molecular complexity index is 360. The monoisotopic (exact) mass is 177 g/mol. The molecule has 0 fully saturated rings. The van der Waals surface area contributed by atoms with Crippen LogP contribution in [0, 0.1) is 6.92 Å². The molecule has 1 atom stereocenters. The van der Waals surface area contributed by atoms with Crippen LogP contribution in [0.15, 0.2) is 18.2 Å². The second kappa shape index (κ2) is 2.76. The van der Waals surface area contributed by atoms with E-state index < -0.39 is 6.10 Å². The smallest absolute Gasteiger partial charge is 0.265 e. The van der Waals surface area contributed by atoms with Gasteiger partial charge in [0, 0.05) is 0 Å². The van der Waals surface area contributed by atoms with E-state index in [1.54, 1.807) is 6.92 Å². The molecule has 0 radical (unpaired) electrons. The zero-order valence-corrected chi connectivity index (χ0v) is 7.63. The number of carbonyl (C=O) groups excluding carboxylic acids is 1. The summed E-state index contributed by atoms with van der Waals surface area (Å²) < 4.78 is 5.41. The van der Waals surface area contributed by atoms with Crippen molar-refractivity contribution in [2.45, 2.75) is 20.0 Å². The van der Waals surface area contributed by atoms with Crippen LogP contribution in [-0.2, 0) is 4.79 Å². The van der Waals surface area contributed by atoms with Gasteiger partial charge < -0.3 is 10.1 Å². The van der Waals surface area contributed by atoms with Gasteiger partial charge in [-0.3, -0.25) is 4.79 Å². The molecular weight excluding hydrogens is 166 g/mol. The largest absolute Gasteiger partial charge is 0.479 e. The molecule has 2 rings (SSSR count). The van der Waals surface area contributed by atoms with Crippen LogP contribution in [0.2, 0.25) is 0 Å². The molecule has 1 amide bonds. The normalized spacial score (nSPS) is 20.2. The van der Waals surface area contributed by atoms with Crippen LogP contribution in [0.5, 0.6) is 5.75 Å². The van der Waals surface area contributed by atoms with Crippen molar-refractivity contribution in [2.24, 2.45) is 0 Å². The summed E-state index contributed by atoms with van der Waals surface area (Å²) in [7, 11) is 0. The number of aryl methyl sites for hydroxylation is 1. The molecule has 3 heteroatoms. The number of ether oxygens (including phenoxy) is 1. The molecule has 13 heavy (non-hydrogen) atoms. The first kappa shape index (κ1) is 8.10. The summed E-state index contributed by atoms with van der Waals surface area (Å²) >= 11 is 0. The van der Waals surface area contributed by atoms with Gasteiger partial charge in [-0.05, 0) is 31.5 Å². The summed E-state index contributed by atoms with van der Waals surface area (Å²) in [6, 6.07) is 5.72. The van der Waals surface area contributed by atoms with Crippen molar-refractivity contribution in [3.8, 4) is 5.75 Å². The topological polar surface area (TPSA) is 38.3 Å². The van der Waals surface area contributed by atoms with Crippen molar-refractivity contribution in [3.63, 3.8) is 0 Å². The molecule has 1 aliphatic rings. The predicted octanol–water partition coefficient (Wildman–Crippen LogP) is 1.71. The van der Waals surface area contributed by atoms with E-state index in [1.165, 1.54) is 0 Å². The van der Waals surface area contributed by atoms with Gasteiger partial charge in [0.1, 0.15) is 5.75 Å². The lowest BCUT2D eigenvalue weighted by Crippen LogP contribution is -2.34. The zero-order chi connectivity index (χ0) is 9.42. The first-order valence-electron chi connectivity index (χ1n) is 4.25. The Hall–Kier alpha value is -1.51. The lowest BCUT2D eigenvalue weighted by Gasteiger charge is -2.23. The van der Waals surface area contributed by atoms with E-state index in [-0.39, 0.29) is 5.91 Å². The number of nitrogens with one attached hydrogen (secondary N) is 1. The second-order valence-corrected chi connectivity index (χ2v) is 3.25. The highest BCUT2D eigenvalue weighted by molar-refractivity contribution is 5.97. The van der Waals surface area contributed by atoms with Crippen LogP contribution in [-0.4, -0.2) is 12.0 Å². The maximum Gasteiger partial charge on any atom is 0.265 e. The van der Waals surface area contributed by atoms with E-state index in [1.807, 2.05) is 25.1 Å². The van der Waals surface area contributed by atoms with Gasteiger partial charge in [-0.1, -0.05) is 6.07 Å². The average Bonchev–Trinajstić information content (AvgIpc) is 2.08. The fourth-order valence-electron chi connectivity index (χ4n) is 1.31. The highest BCUT2D eigenvalue weighted by atomic mass is 16.5. The highest BCUT2D eigenvalue weighted by Gasteiger charge is 2.22.